The van der Waals surface area contributed by atoms with Crippen molar-refractivity contribution in [2.75, 3.05) is 17.1 Å². The Hall–Kier alpha value is -2.00. The maximum absolute atomic E-state index is 13.5. The van der Waals surface area contributed by atoms with Gasteiger partial charge in [0.2, 0.25) is 21.8 Å². The minimum Gasteiger partial charge on any atom is -0.350 e. The fourth-order valence-electron chi connectivity index (χ4n) is 3.84. The van der Waals surface area contributed by atoms with E-state index in [1.807, 2.05) is 27.7 Å². The van der Waals surface area contributed by atoms with Gasteiger partial charge in [-0.3, -0.25) is 13.9 Å². The Labute approximate surface area is 235 Å². The molecule has 0 aliphatic rings. The summed E-state index contributed by atoms with van der Waals surface area (Å²) in [6.45, 7) is 7.55. The molecule has 0 saturated heterocycles. The molecule has 1 N–H and O–H groups in total. The Morgan fingerprint density at radius 3 is 2.05 bits per heavy atom. The van der Waals surface area contributed by atoms with Crippen LogP contribution in [0.4, 0.5) is 5.69 Å². The van der Waals surface area contributed by atoms with E-state index in [2.05, 4.69) is 5.32 Å². The van der Waals surface area contributed by atoms with E-state index in [4.69, 9.17) is 34.8 Å². The number of rotatable bonds is 11. The Kier molecular flexibility index (Phi) is 11.1. The number of nitrogens with one attached hydrogen (secondary N) is 1. The third-order valence-electron chi connectivity index (χ3n) is 5.54. The van der Waals surface area contributed by atoms with E-state index < -0.39 is 21.6 Å². The first-order chi connectivity index (χ1) is 17.1. The fourth-order valence-corrected chi connectivity index (χ4v) is 5.45. The van der Waals surface area contributed by atoms with Gasteiger partial charge in [-0.1, -0.05) is 47.8 Å². The fraction of sp³-hybridized carbons (Fsp3) is 0.462. The molecule has 0 aliphatic heterocycles. The maximum atomic E-state index is 13.5. The van der Waals surface area contributed by atoms with Crippen molar-refractivity contribution in [3.05, 3.63) is 63.1 Å². The van der Waals surface area contributed by atoms with Crippen LogP contribution in [0.2, 0.25) is 15.1 Å². The van der Waals surface area contributed by atoms with Crippen molar-refractivity contribution in [3.8, 4) is 0 Å². The van der Waals surface area contributed by atoms with Crippen molar-refractivity contribution in [2.24, 2.45) is 0 Å². The third kappa shape index (κ3) is 9.36. The highest BCUT2D eigenvalue weighted by molar-refractivity contribution is 7.92. The zero-order valence-electron chi connectivity index (χ0n) is 21.7. The Bertz CT molecular complexity index is 1180. The molecule has 0 saturated carbocycles. The van der Waals surface area contributed by atoms with Gasteiger partial charge in [-0.15, -0.1) is 0 Å². The second-order valence-corrected chi connectivity index (χ2v) is 13.0. The van der Waals surface area contributed by atoms with Crippen LogP contribution < -0.4 is 9.62 Å². The van der Waals surface area contributed by atoms with Gasteiger partial charge in [0.15, 0.2) is 0 Å². The highest BCUT2D eigenvalue weighted by Crippen LogP contribution is 2.28. The number of amides is 2. The van der Waals surface area contributed by atoms with E-state index in [0.717, 1.165) is 6.26 Å². The molecule has 7 nitrogen and oxygen atoms in total. The van der Waals surface area contributed by atoms with E-state index in [-0.39, 0.29) is 37.7 Å². The van der Waals surface area contributed by atoms with Gasteiger partial charge in [-0.05, 0) is 70.0 Å². The van der Waals surface area contributed by atoms with Gasteiger partial charge >= 0.3 is 0 Å². The van der Waals surface area contributed by atoms with Crippen molar-refractivity contribution in [2.45, 2.75) is 65.1 Å². The summed E-state index contributed by atoms with van der Waals surface area (Å²) in [5.74, 6) is -0.595. The zero-order valence-corrected chi connectivity index (χ0v) is 24.8. The van der Waals surface area contributed by atoms with Gasteiger partial charge in [-0.2, -0.15) is 0 Å². The lowest BCUT2D eigenvalue weighted by atomic mass is 10.0. The van der Waals surface area contributed by atoms with Crippen LogP contribution in [-0.4, -0.2) is 49.5 Å². The Balaban J connectivity index is 2.29. The lowest BCUT2D eigenvalue weighted by Crippen LogP contribution is -2.53. The largest absolute Gasteiger partial charge is 0.350 e. The second-order valence-electron chi connectivity index (χ2n) is 9.80. The maximum Gasteiger partial charge on any atom is 0.243 e. The van der Waals surface area contributed by atoms with Crippen LogP contribution in [0.3, 0.4) is 0 Å². The first-order valence-corrected chi connectivity index (χ1v) is 14.9. The van der Waals surface area contributed by atoms with Crippen molar-refractivity contribution in [3.63, 3.8) is 0 Å². The standard InChI is InChI=1S/C26H34Cl3N3O4S/c1-6-23(25(34)30-26(2,3)4)31(17-20-21(28)9-7-10-22(20)29)24(33)11-8-16-32(37(5,35)36)19-14-12-18(27)13-15-19/h7,9-10,12-15,23H,6,8,11,16-17H2,1-5H3,(H,30,34)/t23-/m1/s1. The van der Waals surface area contributed by atoms with Crippen molar-refractivity contribution in [1.29, 1.82) is 0 Å². The normalized spacial score (nSPS) is 12.6. The molecule has 2 aromatic rings. The predicted molar refractivity (Wildman–Crippen MR) is 152 cm³/mol. The number of anilines is 1. The molecule has 0 unspecified atom stereocenters. The molecule has 204 valence electrons. The topological polar surface area (TPSA) is 86.8 Å². The first kappa shape index (κ1) is 31.2. The molecule has 0 aromatic heterocycles. The molecule has 0 aliphatic carbocycles. The summed E-state index contributed by atoms with van der Waals surface area (Å²) in [6, 6.07) is 10.7. The quantitative estimate of drug-likeness (QED) is 0.352. The summed E-state index contributed by atoms with van der Waals surface area (Å²) >= 11 is 18.7. The first-order valence-electron chi connectivity index (χ1n) is 11.9. The average Bonchev–Trinajstić information content (AvgIpc) is 2.77. The van der Waals surface area contributed by atoms with E-state index >= 15 is 0 Å². The molecule has 37 heavy (non-hydrogen) atoms. The van der Waals surface area contributed by atoms with Crippen molar-refractivity contribution >= 4 is 62.3 Å². The molecular weight excluding hydrogens is 557 g/mol. The molecule has 0 bridgehead atoms. The summed E-state index contributed by atoms with van der Waals surface area (Å²) in [5, 5.41) is 4.21. The van der Waals surface area contributed by atoms with Gasteiger partial charge in [0.05, 0.1) is 11.9 Å². The summed E-state index contributed by atoms with van der Waals surface area (Å²) < 4.78 is 26.1. The summed E-state index contributed by atoms with van der Waals surface area (Å²) in [5.41, 5.74) is 0.505. The Morgan fingerprint density at radius 1 is 1.00 bits per heavy atom. The molecule has 2 rings (SSSR count). The minimum atomic E-state index is -3.60. The number of carbonyl (C=O) groups is 2. The predicted octanol–water partition coefficient (Wildman–Crippen LogP) is 5.92. The Morgan fingerprint density at radius 2 is 1.57 bits per heavy atom. The third-order valence-corrected chi connectivity index (χ3v) is 7.70. The van der Waals surface area contributed by atoms with E-state index in [1.54, 1.807) is 42.5 Å². The summed E-state index contributed by atoms with van der Waals surface area (Å²) in [4.78, 5) is 28.2. The lowest BCUT2D eigenvalue weighted by molar-refractivity contribution is -0.142. The highest BCUT2D eigenvalue weighted by atomic mass is 35.5. The van der Waals surface area contributed by atoms with Gasteiger partial charge in [0, 0.05) is 45.7 Å². The molecule has 11 heteroatoms. The van der Waals surface area contributed by atoms with E-state index in [0.29, 0.717) is 32.7 Å². The summed E-state index contributed by atoms with van der Waals surface area (Å²) in [6.07, 6.45) is 1.73. The van der Waals surface area contributed by atoms with E-state index in [9.17, 15) is 18.0 Å². The van der Waals surface area contributed by atoms with Crippen LogP contribution in [0.15, 0.2) is 42.5 Å². The molecule has 1 atom stereocenters. The monoisotopic (exact) mass is 589 g/mol. The molecule has 2 amide bonds. The van der Waals surface area contributed by atoms with Gasteiger partial charge in [0.1, 0.15) is 6.04 Å². The number of benzene rings is 2. The smallest absolute Gasteiger partial charge is 0.243 e. The molecular formula is C26H34Cl3N3O4S. The van der Waals surface area contributed by atoms with E-state index in [1.165, 1.54) is 9.21 Å². The highest BCUT2D eigenvalue weighted by Gasteiger charge is 2.31. The van der Waals surface area contributed by atoms with Crippen LogP contribution in [-0.2, 0) is 26.2 Å². The average molecular weight is 591 g/mol. The van der Waals surface area contributed by atoms with Crippen molar-refractivity contribution in [1.82, 2.24) is 10.2 Å². The lowest BCUT2D eigenvalue weighted by Gasteiger charge is -2.33. The molecule has 2 aromatic carbocycles. The molecule has 0 radical (unpaired) electrons. The van der Waals surface area contributed by atoms with Crippen LogP contribution in [0.25, 0.3) is 0 Å². The number of halogens is 3. The zero-order chi connectivity index (χ0) is 28.0. The number of hydrogen-bond acceptors (Lipinski definition) is 4. The number of nitrogens with zero attached hydrogens (tertiary/aromatic N) is 2. The van der Waals surface area contributed by atoms with Crippen LogP contribution in [0, 0.1) is 0 Å². The number of sulfonamides is 1. The van der Waals surface area contributed by atoms with Crippen LogP contribution >= 0.6 is 34.8 Å². The molecule has 0 heterocycles. The van der Waals surface area contributed by atoms with Gasteiger partial charge in [0.25, 0.3) is 0 Å². The summed E-state index contributed by atoms with van der Waals surface area (Å²) in [7, 11) is -3.60. The van der Waals surface area contributed by atoms with Crippen LogP contribution in [0.1, 0.15) is 52.5 Å². The SMILES string of the molecule is CC[C@H](C(=O)NC(C)(C)C)N(Cc1c(Cl)cccc1Cl)C(=O)CCCN(c1ccc(Cl)cc1)S(C)(=O)=O. The minimum absolute atomic E-state index is 0.0149. The molecule has 0 fully saturated rings. The second kappa shape index (κ2) is 13.2. The van der Waals surface area contributed by atoms with Crippen molar-refractivity contribution < 1.29 is 18.0 Å². The van der Waals surface area contributed by atoms with Gasteiger partial charge in [-0.25, -0.2) is 8.42 Å². The molecule has 0 spiro atoms. The number of hydrogen-bond donors (Lipinski definition) is 1. The van der Waals surface area contributed by atoms with Crippen LogP contribution in [0.5, 0.6) is 0 Å². The number of carbonyl (C=O) groups excluding carboxylic acids is 2. The van der Waals surface area contributed by atoms with Gasteiger partial charge < -0.3 is 10.2 Å².